The molecule has 0 aromatic carbocycles. The molecule has 0 saturated carbocycles. The molecule has 0 aromatic rings. The summed E-state index contributed by atoms with van der Waals surface area (Å²) < 4.78 is 5.55. The predicted octanol–water partition coefficient (Wildman–Crippen LogP) is 2.26. The number of hydrogen-bond donors (Lipinski definition) is 0. The molecule has 1 aliphatic rings. The summed E-state index contributed by atoms with van der Waals surface area (Å²) in [5, 5.41) is 0. The van der Waals surface area contributed by atoms with Crippen LogP contribution in [0.5, 0.6) is 0 Å². The van der Waals surface area contributed by atoms with Gasteiger partial charge in [0.2, 0.25) is 0 Å². The van der Waals surface area contributed by atoms with Crippen molar-refractivity contribution in [1.29, 1.82) is 0 Å². The Labute approximate surface area is 79.3 Å². The van der Waals surface area contributed by atoms with E-state index in [-0.39, 0.29) is 18.0 Å². The van der Waals surface area contributed by atoms with E-state index in [0.717, 1.165) is 12.8 Å². The lowest BCUT2D eigenvalue weighted by Crippen LogP contribution is -2.14. The van der Waals surface area contributed by atoms with Crippen LogP contribution < -0.4 is 0 Å². The molecule has 0 aliphatic carbocycles. The maximum absolute atomic E-state index is 11.3. The minimum absolute atomic E-state index is 0.107. The second-order valence-electron chi connectivity index (χ2n) is 3.31. The van der Waals surface area contributed by atoms with Gasteiger partial charge in [0.05, 0.1) is 6.10 Å². The first-order chi connectivity index (χ1) is 6.27. The molecule has 0 aromatic heterocycles. The van der Waals surface area contributed by atoms with Gasteiger partial charge >= 0.3 is 0 Å². The van der Waals surface area contributed by atoms with Crippen LogP contribution in [0.25, 0.3) is 0 Å². The molecule has 13 heavy (non-hydrogen) atoms. The number of carbonyl (C=O) groups is 1. The lowest BCUT2D eigenvalue weighted by atomic mass is 10.1. The van der Waals surface area contributed by atoms with E-state index in [9.17, 15) is 4.79 Å². The van der Waals surface area contributed by atoms with Gasteiger partial charge in [-0.2, -0.15) is 0 Å². The zero-order valence-corrected chi connectivity index (χ0v) is 7.87. The van der Waals surface area contributed by atoms with Gasteiger partial charge in [-0.15, -0.1) is 13.2 Å². The van der Waals surface area contributed by atoms with E-state index >= 15 is 0 Å². The highest BCUT2D eigenvalue weighted by atomic mass is 16.5. The van der Waals surface area contributed by atoms with Crippen LogP contribution in [0, 0.1) is 0 Å². The number of ketones is 1. The number of allylic oxidation sites excluding steroid dienone is 1. The Kier molecular flexibility index (Phi) is 3.90. The number of ether oxygens (including phenoxy) is 1. The smallest absolute Gasteiger partial charge is 0.164 e. The topological polar surface area (TPSA) is 26.3 Å². The van der Waals surface area contributed by atoms with Crippen molar-refractivity contribution < 1.29 is 9.53 Å². The normalized spacial score (nSPS) is 27.5. The van der Waals surface area contributed by atoms with Crippen molar-refractivity contribution in [2.45, 2.75) is 37.9 Å². The van der Waals surface area contributed by atoms with Crippen molar-refractivity contribution >= 4 is 5.78 Å². The summed E-state index contributed by atoms with van der Waals surface area (Å²) in [5.41, 5.74) is 0. The molecule has 2 nitrogen and oxygen atoms in total. The molecule has 2 heteroatoms. The van der Waals surface area contributed by atoms with Crippen LogP contribution in [-0.2, 0) is 9.53 Å². The summed E-state index contributed by atoms with van der Waals surface area (Å²) in [7, 11) is 0. The van der Waals surface area contributed by atoms with Crippen LogP contribution in [0.2, 0.25) is 0 Å². The number of carbonyl (C=O) groups excluding carboxylic acids is 1. The molecule has 1 saturated heterocycles. The Morgan fingerprint density at radius 3 is 2.85 bits per heavy atom. The van der Waals surface area contributed by atoms with E-state index < -0.39 is 0 Å². The van der Waals surface area contributed by atoms with E-state index in [1.807, 2.05) is 6.08 Å². The standard InChI is InChI=1S/C11H16O2/c1-3-5-7-9-8-10(12)11(13-9)6-4-2/h3-4,9,11H,1-2,5-8H2. The van der Waals surface area contributed by atoms with Crippen LogP contribution in [0.15, 0.2) is 25.3 Å². The lowest BCUT2D eigenvalue weighted by molar-refractivity contribution is -0.122. The molecule has 1 fully saturated rings. The summed E-state index contributed by atoms with van der Waals surface area (Å²) >= 11 is 0. The van der Waals surface area contributed by atoms with E-state index in [0.29, 0.717) is 12.8 Å². The molecule has 0 N–H and O–H groups in total. The molecule has 2 atom stereocenters. The fourth-order valence-corrected chi connectivity index (χ4v) is 1.52. The van der Waals surface area contributed by atoms with Crippen molar-refractivity contribution in [3.63, 3.8) is 0 Å². The third-order valence-corrected chi connectivity index (χ3v) is 2.22. The monoisotopic (exact) mass is 180 g/mol. The third-order valence-electron chi connectivity index (χ3n) is 2.22. The molecule has 1 heterocycles. The Morgan fingerprint density at radius 2 is 2.23 bits per heavy atom. The first-order valence-corrected chi connectivity index (χ1v) is 4.68. The van der Waals surface area contributed by atoms with Gasteiger partial charge in [-0.3, -0.25) is 4.79 Å². The van der Waals surface area contributed by atoms with Crippen LogP contribution in [0.1, 0.15) is 25.7 Å². The van der Waals surface area contributed by atoms with Crippen molar-refractivity contribution in [3.05, 3.63) is 25.3 Å². The summed E-state index contributed by atoms with van der Waals surface area (Å²) in [6, 6.07) is 0. The maximum Gasteiger partial charge on any atom is 0.164 e. The van der Waals surface area contributed by atoms with Gasteiger partial charge < -0.3 is 4.74 Å². The second kappa shape index (κ2) is 4.97. The van der Waals surface area contributed by atoms with Crippen LogP contribution in [0.3, 0.4) is 0 Å². The van der Waals surface area contributed by atoms with Gasteiger partial charge in [0.15, 0.2) is 5.78 Å². The second-order valence-corrected chi connectivity index (χ2v) is 3.31. The van der Waals surface area contributed by atoms with Crippen LogP contribution in [0.4, 0.5) is 0 Å². The Bertz CT molecular complexity index is 208. The first kappa shape index (κ1) is 10.2. The molecule has 72 valence electrons. The zero-order valence-electron chi connectivity index (χ0n) is 7.87. The van der Waals surface area contributed by atoms with Crippen molar-refractivity contribution in [3.8, 4) is 0 Å². The molecule has 2 unspecified atom stereocenters. The molecular weight excluding hydrogens is 164 g/mol. The number of hydrogen-bond acceptors (Lipinski definition) is 2. The lowest BCUT2D eigenvalue weighted by Gasteiger charge is -2.09. The zero-order chi connectivity index (χ0) is 9.68. The van der Waals surface area contributed by atoms with E-state index in [1.54, 1.807) is 6.08 Å². The SMILES string of the molecule is C=CCCC1CC(=O)C(CC=C)O1. The number of rotatable bonds is 5. The summed E-state index contributed by atoms with van der Waals surface area (Å²) in [4.78, 5) is 11.3. The van der Waals surface area contributed by atoms with Crippen LogP contribution >= 0.6 is 0 Å². The van der Waals surface area contributed by atoms with E-state index in [4.69, 9.17) is 4.74 Å². The summed E-state index contributed by atoms with van der Waals surface area (Å²) in [6.07, 6.45) is 6.49. The average Bonchev–Trinajstić information content (AvgIpc) is 2.45. The average molecular weight is 180 g/mol. The molecule has 0 bridgehead atoms. The molecular formula is C11H16O2. The van der Waals surface area contributed by atoms with Gasteiger partial charge in [-0.1, -0.05) is 12.2 Å². The molecule has 0 amide bonds. The molecule has 0 spiro atoms. The van der Waals surface area contributed by atoms with Gasteiger partial charge in [0, 0.05) is 6.42 Å². The van der Waals surface area contributed by atoms with Crippen molar-refractivity contribution in [2.24, 2.45) is 0 Å². The Morgan fingerprint density at radius 1 is 1.46 bits per heavy atom. The first-order valence-electron chi connectivity index (χ1n) is 4.68. The summed E-state index contributed by atoms with van der Waals surface area (Å²) in [6.45, 7) is 7.24. The molecule has 1 rings (SSSR count). The molecule has 0 radical (unpaired) electrons. The van der Waals surface area contributed by atoms with Crippen molar-refractivity contribution in [2.75, 3.05) is 0 Å². The van der Waals surface area contributed by atoms with E-state index in [1.165, 1.54) is 0 Å². The molecule has 1 aliphatic heterocycles. The highest BCUT2D eigenvalue weighted by Crippen LogP contribution is 2.22. The fraction of sp³-hybridized carbons (Fsp3) is 0.545. The largest absolute Gasteiger partial charge is 0.366 e. The quantitative estimate of drug-likeness (QED) is 0.606. The van der Waals surface area contributed by atoms with E-state index in [2.05, 4.69) is 13.2 Å². The fourth-order valence-electron chi connectivity index (χ4n) is 1.52. The third kappa shape index (κ3) is 2.81. The minimum Gasteiger partial charge on any atom is -0.366 e. The minimum atomic E-state index is -0.229. The summed E-state index contributed by atoms with van der Waals surface area (Å²) in [5.74, 6) is 0.217. The van der Waals surface area contributed by atoms with Gasteiger partial charge in [-0.25, -0.2) is 0 Å². The predicted molar refractivity (Wildman–Crippen MR) is 52.5 cm³/mol. The Hall–Kier alpha value is -0.890. The Balaban J connectivity index is 2.35. The highest BCUT2D eigenvalue weighted by molar-refractivity contribution is 5.85. The number of Topliss-reactive ketones (excluding diaryl/α,β-unsaturated/α-hetero) is 1. The van der Waals surface area contributed by atoms with Gasteiger partial charge in [-0.05, 0) is 19.3 Å². The van der Waals surface area contributed by atoms with Gasteiger partial charge in [0.1, 0.15) is 6.10 Å². The van der Waals surface area contributed by atoms with Crippen LogP contribution in [-0.4, -0.2) is 18.0 Å². The maximum atomic E-state index is 11.3. The van der Waals surface area contributed by atoms with Gasteiger partial charge in [0.25, 0.3) is 0 Å². The highest BCUT2D eigenvalue weighted by Gasteiger charge is 2.31. The van der Waals surface area contributed by atoms with Crippen molar-refractivity contribution in [1.82, 2.24) is 0 Å².